The molecule has 0 aliphatic carbocycles. The summed E-state index contributed by atoms with van der Waals surface area (Å²) in [7, 11) is 1.34. The number of amides is 1. The largest absolute Gasteiger partial charge is 0.469 e. The summed E-state index contributed by atoms with van der Waals surface area (Å²) in [6.45, 7) is 6.11. The number of aromatic nitrogens is 2. The van der Waals surface area contributed by atoms with Gasteiger partial charge in [-0.05, 0) is 40.0 Å². The van der Waals surface area contributed by atoms with Gasteiger partial charge in [-0.1, -0.05) is 5.16 Å². The van der Waals surface area contributed by atoms with E-state index in [-0.39, 0.29) is 24.5 Å². The first-order chi connectivity index (χ1) is 11.3. The summed E-state index contributed by atoms with van der Waals surface area (Å²) in [6.07, 6.45) is 2.79. The highest BCUT2D eigenvalue weighted by Gasteiger charge is 2.34. The van der Waals surface area contributed by atoms with Crippen LogP contribution < -0.4 is 0 Å². The summed E-state index contributed by atoms with van der Waals surface area (Å²) in [4.78, 5) is 29.6. The van der Waals surface area contributed by atoms with Crippen molar-refractivity contribution < 1.29 is 23.6 Å². The van der Waals surface area contributed by atoms with Gasteiger partial charge < -0.3 is 14.0 Å². The smallest absolute Gasteiger partial charge is 0.410 e. The summed E-state index contributed by atoms with van der Waals surface area (Å²) < 4.78 is 15.3. The Balaban J connectivity index is 2.06. The summed E-state index contributed by atoms with van der Waals surface area (Å²) in [6, 6.07) is -0.260. The number of carbonyl (C=O) groups is 2. The van der Waals surface area contributed by atoms with Crippen molar-refractivity contribution in [2.75, 3.05) is 13.7 Å². The zero-order chi connectivity index (χ0) is 17.7. The first-order valence-corrected chi connectivity index (χ1v) is 8.19. The van der Waals surface area contributed by atoms with Gasteiger partial charge in [0, 0.05) is 13.0 Å². The Bertz CT molecular complexity index is 579. The summed E-state index contributed by atoms with van der Waals surface area (Å²) >= 11 is 0. The normalized spacial score (nSPS) is 18.3. The molecule has 0 spiro atoms. The van der Waals surface area contributed by atoms with Crippen molar-refractivity contribution >= 4 is 12.1 Å². The minimum absolute atomic E-state index is 0.179. The number of carbonyl (C=O) groups excluding carboxylic acids is 2. The average Bonchev–Trinajstić information content (AvgIpc) is 2.99. The Morgan fingerprint density at radius 3 is 2.75 bits per heavy atom. The monoisotopic (exact) mass is 339 g/mol. The lowest BCUT2D eigenvalue weighted by Crippen LogP contribution is -2.42. The number of likely N-dealkylation sites (tertiary alicyclic amines) is 1. The quantitative estimate of drug-likeness (QED) is 0.778. The molecule has 1 unspecified atom stereocenters. The van der Waals surface area contributed by atoms with Crippen molar-refractivity contribution in [1.29, 1.82) is 0 Å². The Labute approximate surface area is 141 Å². The third-order valence-corrected chi connectivity index (χ3v) is 3.68. The first-order valence-electron chi connectivity index (χ1n) is 8.19. The summed E-state index contributed by atoms with van der Waals surface area (Å²) in [5.41, 5.74) is -0.554. The number of nitrogens with zero attached hydrogens (tertiary/aromatic N) is 3. The van der Waals surface area contributed by atoms with Crippen LogP contribution in [0.3, 0.4) is 0 Å². The van der Waals surface area contributed by atoms with Gasteiger partial charge in [-0.2, -0.15) is 4.98 Å². The topological polar surface area (TPSA) is 94.8 Å². The molecule has 1 aromatic heterocycles. The maximum absolute atomic E-state index is 12.4. The Kier molecular flexibility index (Phi) is 5.80. The van der Waals surface area contributed by atoms with E-state index < -0.39 is 5.60 Å². The van der Waals surface area contributed by atoms with Crippen LogP contribution in [0, 0.1) is 0 Å². The first kappa shape index (κ1) is 18.2. The lowest BCUT2D eigenvalue weighted by molar-refractivity contribution is -0.140. The fourth-order valence-corrected chi connectivity index (χ4v) is 2.56. The number of piperidine rings is 1. The third kappa shape index (κ3) is 4.94. The van der Waals surface area contributed by atoms with Crippen LogP contribution >= 0.6 is 0 Å². The minimum atomic E-state index is -0.554. The maximum Gasteiger partial charge on any atom is 0.410 e. The third-order valence-electron chi connectivity index (χ3n) is 3.68. The van der Waals surface area contributed by atoms with Crippen molar-refractivity contribution in [3.63, 3.8) is 0 Å². The predicted molar refractivity (Wildman–Crippen MR) is 84.2 cm³/mol. The van der Waals surface area contributed by atoms with Gasteiger partial charge in [0.2, 0.25) is 5.89 Å². The molecule has 0 N–H and O–H groups in total. The second-order valence-corrected chi connectivity index (χ2v) is 6.81. The van der Waals surface area contributed by atoms with Crippen molar-refractivity contribution in [2.45, 2.75) is 64.5 Å². The molecule has 2 rings (SSSR count). The molecule has 1 aromatic rings. The van der Waals surface area contributed by atoms with Crippen LogP contribution in [-0.2, 0) is 20.7 Å². The van der Waals surface area contributed by atoms with Gasteiger partial charge in [0.25, 0.3) is 0 Å². The fourth-order valence-electron chi connectivity index (χ4n) is 2.56. The van der Waals surface area contributed by atoms with Gasteiger partial charge in [0.15, 0.2) is 5.82 Å². The molecule has 1 aliphatic heterocycles. The molecule has 0 bridgehead atoms. The van der Waals surface area contributed by atoms with Crippen LogP contribution in [0.5, 0.6) is 0 Å². The Hall–Kier alpha value is -2.12. The number of hydrogen-bond acceptors (Lipinski definition) is 7. The number of methoxy groups -OCH3 is 1. The molecule has 8 nitrogen and oxygen atoms in total. The van der Waals surface area contributed by atoms with Gasteiger partial charge >= 0.3 is 12.1 Å². The van der Waals surface area contributed by atoms with Gasteiger partial charge in [0.1, 0.15) is 5.60 Å². The second-order valence-electron chi connectivity index (χ2n) is 6.81. The maximum atomic E-state index is 12.4. The minimum Gasteiger partial charge on any atom is -0.469 e. The summed E-state index contributed by atoms with van der Waals surface area (Å²) in [5, 5.41) is 3.99. The molecule has 1 saturated heterocycles. The van der Waals surface area contributed by atoms with E-state index in [2.05, 4.69) is 14.9 Å². The molecule has 1 aliphatic rings. The van der Waals surface area contributed by atoms with Gasteiger partial charge in [-0.15, -0.1) is 0 Å². The van der Waals surface area contributed by atoms with E-state index in [0.717, 1.165) is 19.3 Å². The molecule has 8 heteroatoms. The number of rotatable bonds is 4. The molecule has 0 radical (unpaired) electrons. The highest BCUT2D eigenvalue weighted by Crippen LogP contribution is 2.30. The van der Waals surface area contributed by atoms with Gasteiger partial charge in [-0.25, -0.2) is 4.79 Å². The van der Waals surface area contributed by atoms with E-state index in [1.165, 1.54) is 7.11 Å². The number of aryl methyl sites for hydroxylation is 1. The molecule has 0 saturated carbocycles. The molecule has 1 fully saturated rings. The van der Waals surface area contributed by atoms with Crippen LogP contribution in [0.2, 0.25) is 0 Å². The molecular formula is C16H25N3O5. The number of esters is 1. The molecule has 1 atom stereocenters. The zero-order valence-corrected chi connectivity index (χ0v) is 14.7. The van der Waals surface area contributed by atoms with Crippen LogP contribution in [0.1, 0.15) is 64.2 Å². The zero-order valence-electron chi connectivity index (χ0n) is 14.7. The number of hydrogen-bond donors (Lipinski definition) is 0. The highest BCUT2D eigenvalue weighted by atomic mass is 16.6. The molecule has 2 heterocycles. The lowest BCUT2D eigenvalue weighted by atomic mass is 10.0. The molecule has 134 valence electrons. The van der Waals surface area contributed by atoms with Crippen LogP contribution in [0.15, 0.2) is 4.52 Å². The van der Waals surface area contributed by atoms with Crippen LogP contribution in [-0.4, -0.2) is 46.4 Å². The predicted octanol–water partition coefficient (Wildman–Crippen LogP) is 2.64. The van der Waals surface area contributed by atoms with E-state index in [1.54, 1.807) is 4.90 Å². The van der Waals surface area contributed by atoms with Crippen molar-refractivity contribution in [3.8, 4) is 0 Å². The van der Waals surface area contributed by atoms with Crippen LogP contribution in [0.4, 0.5) is 4.79 Å². The van der Waals surface area contributed by atoms with Crippen LogP contribution in [0.25, 0.3) is 0 Å². The molecular weight excluding hydrogens is 314 g/mol. The average molecular weight is 339 g/mol. The summed E-state index contributed by atoms with van der Waals surface area (Å²) in [5.74, 6) is 0.494. The molecule has 1 amide bonds. The van der Waals surface area contributed by atoms with Crippen molar-refractivity contribution in [2.24, 2.45) is 0 Å². The molecule has 0 aromatic carbocycles. The second kappa shape index (κ2) is 7.63. The van der Waals surface area contributed by atoms with E-state index in [9.17, 15) is 9.59 Å². The van der Waals surface area contributed by atoms with Gasteiger partial charge in [0.05, 0.1) is 19.6 Å². The van der Waals surface area contributed by atoms with E-state index in [0.29, 0.717) is 24.7 Å². The highest BCUT2D eigenvalue weighted by molar-refractivity contribution is 5.69. The lowest BCUT2D eigenvalue weighted by Gasteiger charge is -2.35. The van der Waals surface area contributed by atoms with Crippen molar-refractivity contribution in [3.05, 3.63) is 11.7 Å². The Morgan fingerprint density at radius 2 is 2.08 bits per heavy atom. The van der Waals surface area contributed by atoms with E-state index in [1.807, 2.05) is 20.8 Å². The Morgan fingerprint density at radius 1 is 1.33 bits per heavy atom. The van der Waals surface area contributed by atoms with Crippen molar-refractivity contribution in [1.82, 2.24) is 15.0 Å². The SMILES string of the molecule is COC(=O)CCc1nc(C2CCCCN2C(=O)OC(C)(C)C)no1. The standard InChI is InChI=1S/C16H25N3O5/c1-16(2,3)23-15(21)19-10-6-5-7-11(19)14-17-12(24-18-14)8-9-13(20)22-4/h11H,5-10H2,1-4H3. The van der Waals surface area contributed by atoms with E-state index in [4.69, 9.17) is 9.26 Å². The number of ether oxygens (including phenoxy) is 2. The van der Waals surface area contributed by atoms with E-state index >= 15 is 0 Å². The fraction of sp³-hybridized carbons (Fsp3) is 0.750. The van der Waals surface area contributed by atoms with Gasteiger partial charge in [-0.3, -0.25) is 9.69 Å². The molecule has 24 heavy (non-hydrogen) atoms.